The van der Waals surface area contributed by atoms with Gasteiger partial charge in [0.05, 0.1) is 17.5 Å². The first-order valence-corrected chi connectivity index (χ1v) is 13.9. The van der Waals surface area contributed by atoms with E-state index in [-0.39, 0.29) is 18.0 Å². The van der Waals surface area contributed by atoms with Crippen molar-refractivity contribution in [3.8, 4) is 0 Å². The summed E-state index contributed by atoms with van der Waals surface area (Å²) in [6, 6.07) is 17.3. The Bertz CT molecular complexity index is 1480. The highest BCUT2D eigenvalue weighted by Crippen LogP contribution is 2.33. The van der Waals surface area contributed by atoms with Crippen molar-refractivity contribution in [1.29, 1.82) is 0 Å². The van der Waals surface area contributed by atoms with Gasteiger partial charge in [-0.15, -0.1) is 0 Å². The molecule has 37 heavy (non-hydrogen) atoms. The fourth-order valence-electron chi connectivity index (χ4n) is 5.36. The van der Waals surface area contributed by atoms with E-state index in [1.807, 2.05) is 31.2 Å². The Kier molecular flexibility index (Phi) is 7.47. The summed E-state index contributed by atoms with van der Waals surface area (Å²) in [7, 11) is 0. The van der Waals surface area contributed by atoms with E-state index in [9.17, 15) is 9.18 Å². The van der Waals surface area contributed by atoms with Gasteiger partial charge in [-0.05, 0) is 103 Å². The minimum atomic E-state index is -0.315. The molecular weight excluding hydrogens is 576 g/mol. The molecule has 1 aromatic heterocycles. The standard InChI is InChI=1S/C31H31FIN3O/c1-19-12-14-27-28(16-19)36(23-8-5-4-6-9-23)30(35-27)18-29(37)22-13-15-26(20(2)17-22)34-21(3)31-24(32)10-7-11-25(31)33/h7,10-17,23,34H,3-6,8-9,18H2,1-2H3. The number of hydrogen-bond acceptors (Lipinski definition) is 3. The van der Waals surface area contributed by atoms with Gasteiger partial charge in [-0.3, -0.25) is 4.79 Å². The second-order valence-electron chi connectivity index (χ2n) is 10.0. The van der Waals surface area contributed by atoms with Gasteiger partial charge in [-0.1, -0.05) is 38.0 Å². The molecule has 1 heterocycles. The number of rotatable bonds is 7. The third-order valence-corrected chi connectivity index (χ3v) is 8.17. The topological polar surface area (TPSA) is 46.9 Å². The van der Waals surface area contributed by atoms with Crippen molar-refractivity contribution in [2.75, 3.05) is 5.32 Å². The Morgan fingerprint density at radius 3 is 2.62 bits per heavy atom. The predicted molar refractivity (Wildman–Crippen MR) is 158 cm³/mol. The average Bonchev–Trinajstić information content (AvgIpc) is 3.22. The molecule has 0 aliphatic heterocycles. The minimum absolute atomic E-state index is 0.0428. The van der Waals surface area contributed by atoms with Gasteiger partial charge in [0.25, 0.3) is 0 Å². The number of anilines is 1. The van der Waals surface area contributed by atoms with Crippen molar-refractivity contribution in [2.45, 2.75) is 58.4 Å². The van der Waals surface area contributed by atoms with Crippen LogP contribution in [-0.2, 0) is 6.42 Å². The molecular formula is C31H31FIN3O. The zero-order valence-corrected chi connectivity index (χ0v) is 23.4. The van der Waals surface area contributed by atoms with Gasteiger partial charge < -0.3 is 9.88 Å². The number of Topliss-reactive ketones (excluding diaryl/α,β-unsaturated/α-hetero) is 1. The Hall–Kier alpha value is -3.00. The van der Waals surface area contributed by atoms with Crippen molar-refractivity contribution < 1.29 is 9.18 Å². The molecule has 3 aromatic carbocycles. The highest BCUT2D eigenvalue weighted by atomic mass is 127. The molecule has 1 saturated carbocycles. The van der Waals surface area contributed by atoms with Gasteiger partial charge in [0.2, 0.25) is 0 Å². The van der Waals surface area contributed by atoms with Gasteiger partial charge in [0, 0.05) is 32.1 Å². The third kappa shape index (κ3) is 5.35. The summed E-state index contributed by atoms with van der Waals surface area (Å²) in [5.41, 5.74) is 6.57. The lowest BCUT2D eigenvalue weighted by Crippen LogP contribution is -2.18. The lowest BCUT2D eigenvalue weighted by atomic mass is 9.94. The van der Waals surface area contributed by atoms with Gasteiger partial charge in [-0.2, -0.15) is 0 Å². The molecule has 1 aliphatic carbocycles. The van der Waals surface area contributed by atoms with Crippen molar-refractivity contribution in [3.63, 3.8) is 0 Å². The second-order valence-corrected chi connectivity index (χ2v) is 11.2. The number of halogens is 2. The van der Waals surface area contributed by atoms with E-state index in [4.69, 9.17) is 4.98 Å². The second kappa shape index (κ2) is 10.8. The number of imidazole rings is 1. The molecule has 4 aromatic rings. The van der Waals surface area contributed by atoms with Gasteiger partial charge in [0.15, 0.2) is 5.78 Å². The molecule has 1 N–H and O–H groups in total. The molecule has 0 spiro atoms. The first-order chi connectivity index (χ1) is 17.8. The molecule has 0 atom stereocenters. The maximum absolute atomic E-state index is 14.4. The number of nitrogens with one attached hydrogen (secondary N) is 1. The zero-order valence-electron chi connectivity index (χ0n) is 21.3. The van der Waals surface area contributed by atoms with Crippen LogP contribution in [0.1, 0.15) is 71.0 Å². The van der Waals surface area contributed by atoms with Crippen LogP contribution >= 0.6 is 22.6 Å². The first-order valence-electron chi connectivity index (χ1n) is 12.8. The number of benzene rings is 3. The maximum atomic E-state index is 14.4. The summed E-state index contributed by atoms with van der Waals surface area (Å²) in [6.45, 7) is 8.09. The summed E-state index contributed by atoms with van der Waals surface area (Å²) in [5, 5.41) is 3.23. The van der Waals surface area contributed by atoms with Crippen LogP contribution in [0.2, 0.25) is 0 Å². The van der Waals surface area contributed by atoms with Crippen LogP contribution < -0.4 is 5.32 Å². The molecule has 190 valence electrons. The number of ketones is 1. The van der Waals surface area contributed by atoms with Gasteiger partial charge in [-0.25, -0.2) is 9.37 Å². The van der Waals surface area contributed by atoms with Crippen LogP contribution in [0.3, 0.4) is 0 Å². The van der Waals surface area contributed by atoms with Gasteiger partial charge >= 0.3 is 0 Å². The van der Waals surface area contributed by atoms with E-state index >= 15 is 0 Å². The lowest BCUT2D eigenvalue weighted by molar-refractivity contribution is 0.0989. The van der Waals surface area contributed by atoms with Crippen molar-refractivity contribution in [2.24, 2.45) is 0 Å². The van der Waals surface area contributed by atoms with Crippen LogP contribution in [0.4, 0.5) is 10.1 Å². The molecule has 5 rings (SSSR count). The van der Waals surface area contributed by atoms with Crippen molar-refractivity contribution >= 4 is 50.8 Å². The number of aromatic nitrogens is 2. The Morgan fingerprint density at radius 1 is 1.11 bits per heavy atom. The fourth-order valence-corrected chi connectivity index (χ4v) is 6.15. The molecule has 0 amide bonds. The first kappa shape index (κ1) is 25.6. The minimum Gasteiger partial charge on any atom is -0.355 e. The smallest absolute Gasteiger partial charge is 0.170 e. The molecule has 4 nitrogen and oxygen atoms in total. The van der Waals surface area contributed by atoms with Crippen LogP contribution in [-0.4, -0.2) is 15.3 Å². The van der Waals surface area contributed by atoms with Crippen LogP contribution in [0.5, 0.6) is 0 Å². The predicted octanol–water partition coefficient (Wildman–Crippen LogP) is 8.41. The third-order valence-electron chi connectivity index (χ3n) is 7.28. The Labute approximate surface area is 231 Å². The number of carbonyl (C=O) groups is 1. The van der Waals surface area contributed by atoms with Crippen LogP contribution in [0.25, 0.3) is 16.7 Å². The SMILES string of the molecule is C=C(Nc1ccc(C(=O)Cc2nc3ccc(C)cc3n2C2CCCCC2)cc1C)c1c(F)cccc1I. The summed E-state index contributed by atoms with van der Waals surface area (Å²) in [4.78, 5) is 18.4. The van der Waals surface area contributed by atoms with E-state index in [1.54, 1.807) is 6.07 Å². The lowest BCUT2D eigenvalue weighted by Gasteiger charge is -2.25. The van der Waals surface area contributed by atoms with E-state index in [0.29, 0.717) is 22.9 Å². The largest absolute Gasteiger partial charge is 0.355 e. The van der Waals surface area contributed by atoms with Crippen LogP contribution in [0, 0.1) is 23.2 Å². The molecule has 0 bridgehead atoms. The summed E-state index contributed by atoms with van der Waals surface area (Å²) in [6.07, 6.45) is 6.23. The average molecular weight is 608 g/mol. The number of aryl methyl sites for hydroxylation is 2. The van der Waals surface area contributed by atoms with E-state index in [1.165, 1.54) is 30.9 Å². The monoisotopic (exact) mass is 607 g/mol. The zero-order chi connectivity index (χ0) is 26.1. The molecule has 1 aliphatic rings. The van der Waals surface area contributed by atoms with Crippen LogP contribution in [0.15, 0.2) is 61.2 Å². The molecule has 0 unspecified atom stereocenters. The van der Waals surface area contributed by atoms with Crippen molar-refractivity contribution in [1.82, 2.24) is 9.55 Å². The quantitative estimate of drug-likeness (QED) is 0.170. The number of nitrogens with zero attached hydrogens (tertiary/aromatic N) is 2. The summed E-state index contributed by atoms with van der Waals surface area (Å²) in [5.74, 6) is 0.575. The van der Waals surface area contributed by atoms with E-state index in [0.717, 1.165) is 44.5 Å². The normalized spacial score (nSPS) is 14.2. The maximum Gasteiger partial charge on any atom is 0.170 e. The Balaban J connectivity index is 1.39. The molecule has 6 heteroatoms. The fraction of sp³-hybridized carbons (Fsp3) is 0.290. The van der Waals surface area contributed by atoms with Crippen molar-refractivity contribution in [3.05, 3.63) is 98.6 Å². The van der Waals surface area contributed by atoms with Gasteiger partial charge in [0.1, 0.15) is 11.6 Å². The number of fused-ring (bicyclic) bond motifs is 1. The Morgan fingerprint density at radius 2 is 1.89 bits per heavy atom. The molecule has 0 saturated heterocycles. The van der Waals surface area contributed by atoms with E-state index < -0.39 is 0 Å². The summed E-state index contributed by atoms with van der Waals surface area (Å²) >= 11 is 2.11. The molecule has 1 fully saturated rings. The molecule has 0 radical (unpaired) electrons. The number of hydrogen-bond donors (Lipinski definition) is 1. The number of carbonyl (C=O) groups excluding carboxylic acids is 1. The summed E-state index contributed by atoms with van der Waals surface area (Å²) < 4.78 is 17.5. The highest BCUT2D eigenvalue weighted by molar-refractivity contribution is 14.1. The van der Waals surface area contributed by atoms with E-state index in [2.05, 4.69) is 64.2 Å². The highest BCUT2D eigenvalue weighted by Gasteiger charge is 2.23.